The molecule has 0 radical (unpaired) electrons. The van der Waals surface area contributed by atoms with E-state index in [0.29, 0.717) is 12.5 Å². The van der Waals surface area contributed by atoms with Crippen LogP contribution >= 0.6 is 0 Å². The van der Waals surface area contributed by atoms with Gasteiger partial charge in [0.1, 0.15) is 0 Å². The molecule has 0 aromatic rings. The van der Waals surface area contributed by atoms with Crippen molar-refractivity contribution in [1.29, 1.82) is 0 Å². The van der Waals surface area contributed by atoms with E-state index in [2.05, 4.69) is 26.2 Å². The first kappa shape index (κ1) is 14.9. The van der Waals surface area contributed by atoms with Crippen molar-refractivity contribution >= 4 is 0 Å². The Kier molecular flexibility index (Phi) is 5.86. The van der Waals surface area contributed by atoms with Gasteiger partial charge in [-0.3, -0.25) is 11.3 Å². The highest BCUT2D eigenvalue weighted by atomic mass is 16.5. The maximum absolute atomic E-state index is 5.91. The van der Waals surface area contributed by atoms with Gasteiger partial charge in [0.25, 0.3) is 0 Å². The molecule has 0 amide bonds. The monoisotopic (exact) mass is 244 g/mol. The molecule has 0 aromatic carbocycles. The zero-order valence-corrected chi connectivity index (χ0v) is 11.7. The van der Waals surface area contributed by atoms with Crippen molar-refractivity contribution < 1.29 is 9.47 Å². The lowest BCUT2D eigenvalue weighted by molar-refractivity contribution is -0.0689. The summed E-state index contributed by atoms with van der Waals surface area (Å²) in [4.78, 5) is 0. The molecular formula is C13H28N2O2. The van der Waals surface area contributed by atoms with Crippen LogP contribution in [0.1, 0.15) is 40.5 Å². The summed E-state index contributed by atoms with van der Waals surface area (Å²) in [5.74, 6) is 6.19. The third-order valence-corrected chi connectivity index (χ3v) is 3.42. The van der Waals surface area contributed by atoms with E-state index in [-0.39, 0.29) is 17.6 Å². The van der Waals surface area contributed by atoms with Crippen molar-refractivity contribution in [3.8, 4) is 0 Å². The van der Waals surface area contributed by atoms with Gasteiger partial charge in [0.2, 0.25) is 0 Å². The molecule has 1 rings (SSSR count). The van der Waals surface area contributed by atoms with E-state index in [0.717, 1.165) is 26.1 Å². The summed E-state index contributed by atoms with van der Waals surface area (Å²) in [6.07, 6.45) is 2.39. The second-order valence-electron chi connectivity index (χ2n) is 5.91. The third kappa shape index (κ3) is 4.21. The molecule has 0 aromatic heterocycles. The number of nitrogens with one attached hydrogen (secondary N) is 1. The van der Waals surface area contributed by atoms with E-state index < -0.39 is 0 Å². The van der Waals surface area contributed by atoms with Gasteiger partial charge in [-0.15, -0.1) is 0 Å². The van der Waals surface area contributed by atoms with Crippen molar-refractivity contribution in [2.24, 2.45) is 17.2 Å². The molecule has 17 heavy (non-hydrogen) atoms. The molecule has 102 valence electrons. The number of rotatable bonds is 5. The molecule has 3 unspecified atom stereocenters. The molecule has 0 aliphatic carbocycles. The second-order valence-corrected chi connectivity index (χ2v) is 5.91. The number of hydrogen-bond acceptors (Lipinski definition) is 4. The van der Waals surface area contributed by atoms with Crippen LogP contribution in [-0.4, -0.2) is 32.0 Å². The first-order valence-corrected chi connectivity index (χ1v) is 6.66. The fraction of sp³-hybridized carbons (Fsp3) is 1.00. The molecular weight excluding hydrogens is 216 g/mol. The average Bonchev–Trinajstić information content (AvgIpc) is 2.29. The predicted molar refractivity (Wildman–Crippen MR) is 69.5 cm³/mol. The lowest BCUT2D eigenvalue weighted by Gasteiger charge is -2.41. The van der Waals surface area contributed by atoms with Gasteiger partial charge in [0.15, 0.2) is 0 Å². The van der Waals surface area contributed by atoms with Gasteiger partial charge in [0.05, 0.1) is 18.8 Å². The van der Waals surface area contributed by atoms with Crippen LogP contribution in [0.25, 0.3) is 0 Å². The third-order valence-electron chi connectivity index (χ3n) is 3.42. The van der Waals surface area contributed by atoms with Crippen LogP contribution in [0.2, 0.25) is 0 Å². The van der Waals surface area contributed by atoms with Gasteiger partial charge in [-0.25, -0.2) is 0 Å². The number of hydrazine groups is 1. The Labute approximate surface area is 105 Å². The van der Waals surface area contributed by atoms with Crippen LogP contribution in [-0.2, 0) is 9.47 Å². The minimum absolute atomic E-state index is 0.0739. The van der Waals surface area contributed by atoms with Crippen LogP contribution in [0.15, 0.2) is 0 Å². The zero-order valence-electron chi connectivity index (χ0n) is 11.7. The number of ether oxygens (including phenoxy) is 2. The van der Waals surface area contributed by atoms with E-state index in [1.165, 1.54) is 0 Å². The summed E-state index contributed by atoms with van der Waals surface area (Å²) in [6.45, 7) is 11.0. The van der Waals surface area contributed by atoms with E-state index in [9.17, 15) is 0 Å². The summed E-state index contributed by atoms with van der Waals surface area (Å²) in [7, 11) is 0. The van der Waals surface area contributed by atoms with Crippen LogP contribution in [0.3, 0.4) is 0 Å². The Morgan fingerprint density at radius 2 is 2.18 bits per heavy atom. The molecule has 4 heteroatoms. The van der Waals surface area contributed by atoms with Gasteiger partial charge in [-0.2, -0.15) is 0 Å². The van der Waals surface area contributed by atoms with Gasteiger partial charge in [-0.05, 0) is 25.2 Å². The Bertz CT molecular complexity index is 210. The maximum atomic E-state index is 5.91. The maximum Gasteiger partial charge on any atom is 0.0793 e. The van der Waals surface area contributed by atoms with E-state index in [4.69, 9.17) is 15.3 Å². The molecule has 0 spiro atoms. The van der Waals surface area contributed by atoms with Crippen LogP contribution in [0.4, 0.5) is 0 Å². The highest BCUT2D eigenvalue weighted by molar-refractivity contribution is 4.90. The molecule has 1 aliphatic rings. The minimum atomic E-state index is 0.0739. The molecule has 1 saturated heterocycles. The van der Waals surface area contributed by atoms with Crippen molar-refractivity contribution in [2.45, 2.75) is 52.7 Å². The van der Waals surface area contributed by atoms with Crippen molar-refractivity contribution in [2.75, 3.05) is 19.8 Å². The molecule has 0 saturated carbocycles. The molecule has 1 aliphatic heterocycles. The van der Waals surface area contributed by atoms with Crippen molar-refractivity contribution in [3.63, 3.8) is 0 Å². The summed E-state index contributed by atoms with van der Waals surface area (Å²) in [6, 6.07) is 0.162. The Morgan fingerprint density at radius 3 is 2.59 bits per heavy atom. The molecule has 3 atom stereocenters. The second kappa shape index (κ2) is 6.69. The van der Waals surface area contributed by atoms with E-state index in [1.54, 1.807) is 0 Å². The Balaban J connectivity index is 2.72. The summed E-state index contributed by atoms with van der Waals surface area (Å²) < 4.78 is 11.5. The molecule has 1 fully saturated rings. The first-order valence-electron chi connectivity index (χ1n) is 6.66. The Morgan fingerprint density at radius 1 is 1.47 bits per heavy atom. The van der Waals surface area contributed by atoms with Crippen LogP contribution < -0.4 is 11.3 Å². The standard InChI is InChI=1S/C13H28N2O2/c1-5-17-12(13(2,3)4)11(15-14)10-7-6-8-16-9-10/h10-12,15H,5-9,14H2,1-4H3. The average molecular weight is 244 g/mol. The fourth-order valence-corrected chi connectivity index (χ4v) is 2.59. The molecule has 3 N–H and O–H groups in total. The van der Waals surface area contributed by atoms with Gasteiger partial charge in [0, 0.05) is 19.1 Å². The summed E-state index contributed by atoms with van der Waals surface area (Å²) in [5.41, 5.74) is 3.03. The smallest absolute Gasteiger partial charge is 0.0793 e. The van der Waals surface area contributed by atoms with Gasteiger partial charge >= 0.3 is 0 Å². The van der Waals surface area contributed by atoms with E-state index in [1.807, 2.05) is 6.92 Å². The summed E-state index contributed by atoms with van der Waals surface area (Å²) in [5, 5.41) is 0. The predicted octanol–water partition coefficient (Wildman–Crippen LogP) is 1.70. The number of hydrogen-bond donors (Lipinski definition) is 2. The quantitative estimate of drug-likeness (QED) is 0.571. The highest BCUT2D eigenvalue weighted by Gasteiger charge is 2.37. The number of nitrogens with two attached hydrogens (primary N) is 1. The molecule has 4 nitrogen and oxygen atoms in total. The van der Waals surface area contributed by atoms with Crippen molar-refractivity contribution in [1.82, 2.24) is 5.43 Å². The summed E-state index contributed by atoms with van der Waals surface area (Å²) >= 11 is 0. The van der Waals surface area contributed by atoms with E-state index >= 15 is 0 Å². The lowest BCUT2D eigenvalue weighted by atomic mass is 9.78. The topological polar surface area (TPSA) is 56.5 Å². The SMILES string of the molecule is CCOC(C(NN)C1CCCOC1)C(C)(C)C. The van der Waals surface area contributed by atoms with Crippen LogP contribution in [0, 0.1) is 11.3 Å². The van der Waals surface area contributed by atoms with Crippen molar-refractivity contribution in [3.05, 3.63) is 0 Å². The minimum Gasteiger partial charge on any atom is -0.381 e. The normalized spacial score (nSPS) is 25.6. The van der Waals surface area contributed by atoms with Crippen LogP contribution in [0.5, 0.6) is 0 Å². The lowest BCUT2D eigenvalue weighted by Crippen LogP contribution is -2.56. The Hall–Kier alpha value is -0.160. The molecule has 0 bridgehead atoms. The fourth-order valence-electron chi connectivity index (χ4n) is 2.59. The van der Waals surface area contributed by atoms with Gasteiger partial charge in [-0.1, -0.05) is 20.8 Å². The van der Waals surface area contributed by atoms with Gasteiger partial charge < -0.3 is 9.47 Å². The molecule has 1 heterocycles. The highest BCUT2D eigenvalue weighted by Crippen LogP contribution is 2.30. The largest absolute Gasteiger partial charge is 0.381 e. The zero-order chi connectivity index (χ0) is 12.9. The first-order chi connectivity index (χ1) is 8.00.